The van der Waals surface area contributed by atoms with Crippen LogP contribution in [0.4, 0.5) is 5.69 Å². The van der Waals surface area contributed by atoms with E-state index in [1.165, 1.54) is 6.08 Å². The molecule has 1 aliphatic heterocycles. The van der Waals surface area contributed by atoms with Crippen LogP contribution >= 0.6 is 11.6 Å². The van der Waals surface area contributed by atoms with E-state index in [1.807, 2.05) is 0 Å². The predicted molar refractivity (Wildman–Crippen MR) is 93.5 cm³/mol. The highest BCUT2D eigenvalue weighted by Crippen LogP contribution is 2.31. The average Bonchev–Trinajstić information content (AvgIpc) is 2.86. The molecule has 0 bridgehead atoms. The molecule has 6 nitrogen and oxygen atoms in total. The molecule has 0 aromatic heterocycles. The van der Waals surface area contributed by atoms with Gasteiger partial charge in [-0.1, -0.05) is 23.7 Å². The van der Waals surface area contributed by atoms with Crippen LogP contribution in [0.1, 0.15) is 0 Å². The van der Waals surface area contributed by atoms with Crippen molar-refractivity contribution >= 4 is 29.1 Å². The third-order valence-electron chi connectivity index (χ3n) is 3.53. The Balaban J connectivity index is 1.80. The second-order valence-corrected chi connectivity index (χ2v) is 5.69. The van der Waals surface area contributed by atoms with Gasteiger partial charge in [0.25, 0.3) is 11.8 Å². The first kappa shape index (κ1) is 17.0. The van der Waals surface area contributed by atoms with Crippen molar-refractivity contribution in [3.63, 3.8) is 0 Å². The van der Waals surface area contributed by atoms with E-state index >= 15 is 0 Å². The minimum atomic E-state index is -0.486. The van der Waals surface area contributed by atoms with Gasteiger partial charge in [0.1, 0.15) is 11.4 Å². The fraction of sp³-hybridized carbons (Fsp3) is 0.111. The summed E-state index contributed by atoms with van der Waals surface area (Å²) in [5.41, 5.74) is 0.668. The van der Waals surface area contributed by atoms with E-state index in [4.69, 9.17) is 21.4 Å². The molecule has 0 unspecified atom stereocenters. The summed E-state index contributed by atoms with van der Waals surface area (Å²) in [4.78, 5) is 25.0. The molecule has 1 heterocycles. The lowest BCUT2D eigenvalue weighted by molar-refractivity contribution is -0.137. The number of imide groups is 1. The van der Waals surface area contributed by atoms with Crippen molar-refractivity contribution in [1.82, 2.24) is 4.90 Å². The summed E-state index contributed by atoms with van der Waals surface area (Å²) in [6.45, 7) is -0.322. The molecule has 25 heavy (non-hydrogen) atoms. The first-order valence-electron chi connectivity index (χ1n) is 7.56. The number of amides is 2. The van der Waals surface area contributed by atoms with Crippen LogP contribution in [0.3, 0.4) is 0 Å². The van der Waals surface area contributed by atoms with Crippen molar-refractivity contribution in [2.75, 3.05) is 18.5 Å². The topological polar surface area (TPSA) is 78.9 Å². The number of hydrogen-bond donors (Lipinski definition) is 2. The quantitative estimate of drug-likeness (QED) is 0.776. The zero-order valence-corrected chi connectivity index (χ0v) is 13.9. The number of para-hydroxylation sites is 2. The molecule has 1 aliphatic rings. The standard InChI is InChI=1S/C18H15ClN2O4/c19-12-5-7-13(8-6-12)25-16-4-2-1-3-14(16)20-15-11-17(23)21(9-10-22)18(15)24/h1-8,11,20,22H,9-10H2. The smallest absolute Gasteiger partial charge is 0.277 e. The second-order valence-electron chi connectivity index (χ2n) is 5.25. The number of aliphatic hydroxyl groups excluding tert-OH is 1. The summed E-state index contributed by atoms with van der Waals surface area (Å²) < 4.78 is 5.81. The lowest BCUT2D eigenvalue weighted by Gasteiger charge is -2.15. The van der Waals surface area contributed by atoms with E-state index < -0.39 is 11.8 Å². The van der Waals surface area contributed by atoms with Gasteiger partial charge >= 0.3 is 0 Å². The number of nitrogens with one attached hydrogen (secondary N) is 1. The Morgan fingerprint density at radius 1 is 1.08 bits per heavy atom. The molecule has 0 fully saturated rings. The van der Waals surface area contributed by atoms with E-state index in [0.29, 0.717) is 22.2 Å². The number of hydrogen-bond acceptors (Lipinski definition) is 5. The number of ether oxygens (including phenoxy) is 1. The third-order valence-corrected chi connectivity index (χ3v) is 3.78. The van der Waals surface area contributed by atoms with E-state index in [-0.39, 0.29) is 18.8 Å². The van der Waals surface area contributed by atoms with Crippen molar-refractivity contribution < 1.29 is 19.4 Å². The summed E-state index contributed by atoms with van der Waals surface area (Å²) in [7, 11) is 0. The van der Waals surface area contributed by atoms with Gasteiger partial charge in [0.05, 0.1) is 18.8 Å². The molecular weight excluding hydrogens is 344 g/mol. The molecule has 3 rings (SSSR count). The fourth-order valence-electron chi connectivity index (χ4n) is 2.34. The fourth-order valence-corrected chi connectivity index (χ4v) is 2.47. The largest absolute Gasteiger partial charge is 0.455 e. The molecule has 0 spiro atoms. The van der Waals surface area contributed by atoms with Crippen LogP contribution in [-0.2, 0) is 9.59 Å². The van der Waals surface area contributed by atoms with Gasteiger partial charge in [0.2, 0.25) is 0 Å². The maximum Gasteiger partial charge on any atom is 0.277 e. The Morgan fingerprint density at radius 3 is 2.52 bits per heavy atom. The number of rotatable bonds is 6. The van der Waals surface area contributed by atoms with Gasteiger partial charge < -0.3 is 15.2 Å². The van der Waals surface area contributed by atoms with E-state index in [0.717, 1.165) is 4.90 Å². The second kappa shape index (κ2) is 7.38. The van der Waals surface area contributed by atoms with E-state index in [1.54, 1.807) is 48.5 Å². The van der Waals surface area contributed by atoms with Crippen molar-refractivity contribution in [1.29, 1.82) is 0 Å². The third kappa shape index (κ3) is 3.81. The Labute approximate surface area is 149 Å². The predicted octanol–water partition coefficient (Wildman–Crippen LogP) is 2.79. The molecule has 2 aromatic rings. The van der Waals surface area contributed by atoms with E-state index in [9.17, 15) is 9.59 Å². The molecule has 0 aliphatic carbocycles. The van der Waals surface area contributed by atoms with Gasteiger partial charge in [-0.15, -0.1) is 0 Å². The molecule has 0 radical (unpaired) electrons. The number of nitrogens with zero attached hydrogens (tertiary/aromatic N) is 1. The maximum absolute atomic E-state index is 12.2. The molecule has 0 atom stereocenters. The molecule has 2 aromatic carbocycles. The molecule has 0 saturated heterocycles. The van der Waals surface area contributed by atoms with Crippen LogP contribution in [0.25, 0.3) is 0 Å². The number of β-amino-alcohol motifs (C(OH)–C–C–N with tert-alkyl or cyclic N) is 1. The lowest BCUT2D eigenvalue weighted by Crippen LogP contribution is -2.34. The van der Waals surface area contributed by atoms with Crippen LogP contribution in [0, 0.1) is 0 Å². The summed E-state index contributed by atoms with van der Waals surface area (Å²) in [5, 5.41) is 12.5. The number of halogens is 1. The minimum absolute atomic E-state index is 0.0394. The molecule has 2 amide bonds. The zero-order valence-electron chi connectivity index (χ0n) is 13.1. The van der Waals surface area contributed by atoms with Gasteiger partial charge in [-0.05, 0) is 36.4 Å². The Morgan fingerprint density at radius 2 is 1.80 bits per heavy atom. The summed E-state index contributed by atoms with van der Waals surface area (Å²) in [6, 6.07) is 13.9. The first-order valence-corrected chi connectivity index (χ1v) is 7.94. The normalized spacial score (nSPS) is 13.8. The molecule has 2 N–H and O–H groups in total. The van der Waals surface area contributed by atoms with Crippen LogP contribution in [0.15, 0.2) is 60.3 Å². The van der Waals surface area contributed by atoms with Crippen LogP contribution < -0.4 is 10.1 Å². The van der Waals surface area contributed by atoms with Crippen molar-refractivity contribution in [3.8, 4) is 11.5 Å². The van der Waals surface area contributed by atoms with Crippen molar-refractivity contribution in [3.05, 3.63) is 65.3 Å². The zero-order chi connectivity index (χ0) is 17.8. The summed E-state index contributed by atoms with van der Waals surface area (Å²) in [5.74, 6) is 0.132. The van der Waals surface area contributed by atoms with Gasteiger partial charge in [-0.25, -0.2) is 0 Å². The highest BCUT2D eigenvalue weighted by Gasteiger charge is 2.30. The van der Waals surface area contributed by atoms with E-state index in [2.05, 4.69) is 5.32 Å². The highest BCUT2D eigenvalue weighted by atomic mass is 35.5. The van der Waals surface area contributed by atoms with Gasteiger partial charge in [-0.3, -0.25) is 14.5 Å². The van der Waals surface area contributed by atoms with Gasteiger partial charge in [-0.2, -0.15) is 0 Å². The van der Waals surface area contributed by atoms with Crippen molar-refractivity contribution in [2.45, 2.75) is 0 Å². The Kier molecular flexibility index (Phi) is 5.02. The highest BCUT2D eigenvalue weighted by molar-refractivity contribution is 6.30. The SMILES string of the molecule is O=C1C=C(Nc2ccccc2Oc2ccc(Cl)cc2)C(=O)N1CCO. The Bertz CT molecular complexity index is 833. The molecular formula is C18H15ClN2O4. The Hall–Kier alpha value is -2.83. The van der Waals surface area contributed by atoms with Gasteiger partial charge in [0, 0.05) is 11.1 Å². The number of benzene rings is 2. The summed E-state index contributed by atoms with van der Waals surface area (Å²) in [6.07, 6.45) is 1.21. The van der Waals surface area contributed by atoms with Crippen LogP contribution in [-0.4, -0.2) is 35.0 Å². The number of aliphatic hydroxyl groups is 1. The molecule has 0 saturated carbocycles. The lowest BCUT2D eigenvalue weighted by atomic mass is 10.2. The van der Waals surface area contributed by atoms with Crippen LogP contribution in [0.2, 0.25) is 5.02 Å². The average molecular weight is 359 g/mol. The molecule has 128 valence electrons. The monoisotopic (exact) mass is 358 g/mol. The number of carbonyl (C=O) groups excluding carboxylic acids is 2. The first-order chi connectivity index (χ1) is 12.1. The maximum atomic E-state index is 12.2. The molecule has 7 heteroatoms. The van der Waals surface area contributed by atoms with Crippen LogP contribution in [0.5, 0.6) is 11.5 Å². The summed E-state index contributed by atoms with van der Waals surface area (Å²) >= 11 is 5.86. The minimum Gasteiger partial charge on any atom is -0.455 e. The number of anilines is 1. The number of carbonyl (C=O) groups is 2. The van der Waals surface area contributed by atoms with Gasteiger partial charge in [0.15, 0.2) is 5.75 Å². The van der Waals surface area contributed by atoms with Crippen molar-refractivity contribution in [2.24, 2.45) is 0 Å².